The van der Waals surface area contributed by atoms with E-state index in [2.05, 4.69) is 5.32 Å². The minimum Gasteiger partial charge on any atom is -0.452 e. The summed E-state index contributed by atoms with van der Waals surface area (Å²) in [5, 5.41) is 4.28. The Bertz CT molecular complexity index is 890. The molecule has 0 atom stereocenters. The fraction of sp³-hybridized carbons (Fsp3) is 0.211. The van der Waals surface area contributed by atoms with Gasteiger partial charge >= 0.3 is 18.1 Å². The van der Waals surface area contributed by atoms with Gasteiger partial charge in [0, 0.05) is 11.4 Å². The molecule has 0 saturated heterocycles. The number of hydrogen-bond acceptors (Lipinski definition) is 4. The maximum atomic E-state index is 12.3. The molecule has 0 heterocycles. The first-order chi connectivity index (χ1) is 13.1. The van der Waals surface area contributed by atoms with Gasteiger partial charge in [-0.3, -0.25) is 9.59 Å². The van der Waals surface area contributed by atoms with Crippen LogP contribution in [0.25, 0.3) is 0 Å². The molecule has 0 aliphatic rings. The van der Waals surface area contributed by atoms with E-state index in [4.69, 9.17) is 4.74 Å². The SMILES string of the molecule is Cc1cccc(C)c1NC(=O)COC(=O)c1cccc(NC(=O)C(F)(F)F)c1. The maximum absolute atomic E-state index is 12.3. The molecule has 2 aromatic carbocycles. The first-order valence-corrected chi connectivity index (χ1v) is 8.09. The number of para-hydroxylation sites is 1. The van der Waals surface area contributed by atoms with E-state index in [0.29, 0.717) is 5.69 Å². The molecule has 0 aliphatic carbocycles. The van der Waals surface area contributed by atoms with Crippen LogP contribution in [0, 0.1) is 13.8 Å². The number of alkyl halides is 3. The molecule has 0 unspecified atom stereocenters. The van der Waals surface area contributed by atoms with Crippen LogP contribution < -0.4 is 10.6 Å². The quantitative estimate of drug-likeness (QED) is 0.759. The number of esters is 1. The molecule has 2 rings (SSSR count). The number of rotatable bonds is 5. The Morgan fingerprint density at radius 1 is 0.964 bits per heavy atom. The molecule has 0 aliphatic heterocycles. The third-order valence-electron chi connectivity index (χ3n) is 3.69. The molecular weight excluding hydrogens is 377 g/mol. The molecule has 2 aromatic rings. The van der Waals surface area contributed by atoms with Crippen molar-refractivity contribution in [1.29, 1.82) is 0 Å². The maximum Gasteiger partial charge on any atom is 0.471 e. The van der Waals surface area contributed by atoms with Gasteiger partial charge in [0.05, 0.1) is 5.56 Å². The lowest BCUT2D eigenvalue weighted by Crippen LogP contribution is -2.30. The Balaban J connectivity index is 1.97. The van der Waals surface area contributed by atoms with Crippen LogP contribution in [0.2, 0.25) is 0 Å². The number of hydrogen-bond donors (Lipinski definition) is 2. The van der Waals surface area contributed by atoms with Gasteiger partial charge in [0.2, 0.25) is 0 Å². The molecule has 9 heteroatoms. The predicted octanol–water partition coefficient (Wildman–Crippen LogP) is 3.60. The topological polar surface area (TPSA) is 84.5 Å². The highest BCUT2D eigenvalue weighted by Gasteiger charge is 2.38. The highest BCUT2D eigenvalue weighted by molar-refractivity contribution is 5.98. The Morgan fingerprint density at radius 2 is 1.57 bits per heavy atom. The van der Waals surface area contributed by atoms with E-state index < -0.39 is 30.6 Å². The van der Waals surface area contributed by atoms with Crippen LogP contribution in [0.5, 0.6) is 0 Å². The highest BCUT2D eigenvalue weighted by Crippen LogP contribution is 2.20. The number of nitrogens with one attached hydrogen (secondary N) is 2. The number of ether oxygens (including phenoxy) is 1. The lowest BCUT2D eigenvalue weighted by atomic mass is 10.1. The van der Waals surface area contributed by atoms with Crippen molar-refractivity contribution in [3.05, 3.63) is 59.2 Å². The molecule has 28 heavy (non-hydrogen) atoms. The van der Waals surface area contributed by atoms with E-state index in [0.717, 1.165) is 17.2 Å². The fourth-order valence-electron chi connectivity index (χ4n) is 2.33. The summed E-state index contributed by atoms with van der Waals surface area (Å²) >= 11 is 0. The second-order valence-electron chi connectivity index (χ2n) is 5.92. The highest BCUT2D eigenvalue weighted by atomic mass is 19.4. The van der Waals surface area contributed by atoms with Crippen molar-refractivity contribution in [1.82, 2.24) is 0 Å². The lowest BCUT2D eigenvalue weighted by molar-refractivity contribution is -0.167. The van der Waals surface area contributed by atoms with Crippen LogP contribution in [0.15, 0.2) is 42.5 Å². The molecule has 0 saturated carbocycles. The average molecular weight is 394 g/mol. The summed E-state index contributed by atoms with van der Waals surface area (Å²) in [5.41, 5.74) is 1.96. The summed E-state index contributed by atoms with van der Waals surface area (Å²) in [7, 11) is 0. The fourth-order valence-corrected chi connectivity index (χ4v) is 2.33. The number of anilines is 2. The van der Waals surface area contributed by atoms with E-state index in [-0.39, 0.29) is 11.3 Å². The molecule has 148 valence electrons. The normalized spacial score (nSPS) is 10.9. The van der Waals surface area contributed by atoms with Crippen molar-refractivity contribution in [3.8, 4) is 0 Å². The van der Waals surface area contributed by atoms with E-state index in [1.165, 1.54) is 18.2 Å². The smallest absolute Gasteiger partial charge is 0.452 e. The minimum absolute atomic E-state index is 0.111. The molecule has 0 radical (unpaired) electrons. The van der Waals surface area contributed by atoms with E-state index in [1.54, 1.807) is 5.32 Å². The Kier molecular flexibility index (Phi) is 6.40. The first kappa shape index (κ1) is 20.9. The van der Waals surface area contributed by atoms with E-state index in [9.17, 15) is 27.6 Å². The summed E-state index contributed by atoms with van der Waals surface area (Å²) in [6.45, 7) is 3.05. The van der Waals surface area contributed by atoms with Crippen LogP contribution in [-0.4, -0.2) is 30.6 Å². The molecule has 2 N–H and O–H groups in total. The van der Waals surface area contributed by atoms with Gasteiger partial charge in [-0.2, -0.15) is 13.2 Å². The molecule has 6 nitrogen and oxygen atoms in total. The average Bonchev–Trinajstić information content (AvgIpc) is 2.62. The third kappa shape index (κ3) is 5.57. The second kappa shape index (κ2) is 8.55. The van der Waals surface area contributed by atoms with Gasteiger partial charge < -0.3 is 15.4 Å². The van der Waals surface area contributed by atoms with E-state index in [1.807, 2.05) is 32.0 Å². The van der Waals surface area contributed by atoms with Gasteiger partial charge in [0.25, 0.3) is 5.91 Å². The third-order valence-corrected chi connectivity index (χ3v) is 3.69. The Morgan fingerprint density at radius 3 is 2.18 bits per heavy atom. The molecule has 2 amide bonds. The van der Waals surface area contributed by atoms with Crippen LogP contribution in [0.1, 0.15) is 21.5 Å². The van der Waals surface area contributed by atoms with Gasteiger partial charge in [-0.05, 0) is 43.2 Å². The van der Waals surface area contributed by atoms with Crippen molar-refractivity contribution < 1.29 is 32.3 Å². The van der Waals surface area contributed by atoms with Crippen LogP contribution in [0.3, 0.4) is 0 Å². The van der Waals surface area contributed by atoms with Gasteiger partial charge in [-0.15, -0.1) is 0 Å². The lowest BCUT2D eigenvalue weighted by Gasteiger charge is -2.12. The van der Waals surface area contributed by atoms with E-state index >= 15 is 0 Å². The monoisotopic (exact) mass is 394 g/mol. The number of benzene rings is 2. The summed E-state index contributed by atoms with van der Waals surface area (Å²) in [6.07, 6.45) is -5.05. The summed E-state index contributed by atoms with van der Waals surface area (Å²) in [5.74, 6) is -3.64. The van der Waals surface area contributed by atoms with Crippen LogP contribution in [-0.2, 0) is 14.3 Å². The molecule has 0 spiro atoms. The number of halogens is 3. The minimum atomic E-state index is -5.05. The molecule has 0 aromatic heterocycles. The van der Waals surface area contributed by atoms with Crippen molar-refractivity contribution in [2.75, 3.05) is 17.2 Å². The summed E-state index contributed by atoms with van der Waals surface area (Å²) in [4.78, 5) is 35.0. The van der Waals surface area contributed by atoms with Crippen LogP contribution in [0.4, 0.5) is 24.5 Å². The largest absolute Gasteiger partial charge is 0.471 e. The molecule has 0 fully saturated rings. The van der Waals surface area contributed by atoms with Gasteiger partial charge in [-0.25, -0.2) is 4.79 Å². The zero-order chi connectivity index (χ0) is 20.9. The number of carbonyl (C=O) groups excluding carboxylic acids is 3. The predicted molar refractivity (Wildman–Crippen MR) is 96.0 cm³/mol. The zero-order valence-electron chi connectivity index (χ0n) is 15.0. The Labute approximate surface area is 158 Å². The standard InChI is InChI=1S/C19H17F3N2O4/c1-11-5-3-6-12(2)16(11)24-15(25)10-28-17(26)13-7-4-8-14(9-13)23-18(27)19(20,21)22/h3-9H,10H2,1-2H3,(H,23,27)(H,24,25). The van der Waals surface area contributed by atoms with Crippen molar-refractivity contribution >= 4 is 29.2 Å². The van der Waals surface area contributed by atoms with Gasteiger partial charge in [-0.1, -0.05) is 24.3 Å². The number of carbonyl (C=O) groups is 3. The molecular formula is C19H17F3N2O4. The van der Waals surface area contributed by atoms with Gasteiger partial charge in [0.15, 0.2) is 6.61 Å². The summed E-state index contributed by atoms with van der Waals surface area (Å²) < 4.78 is 41.8. The van der Waals surface area contributed by atoms with Crippen molar-refractivity contribution in [2.45, 2.75) is 20.0 Å². The second-order valence-corrected chi connectivity index (χ2v) is 5.92. The van der Waals surface area contributed by atoms with Crippen molar-refractivity contribution in [3.63, 3.8) is 0 Å². The van der Waals surface area contributed by atoms with Gasteiger partial charge in [0.1, 0.15) is 0 Å². The number of aryl methyl sites for hydroxylation is 2. The summed E-state index contributed by atoms with van der Waals surface area (Å²) in [6, 6.07) is 10.2. The van der Waals surface area contributed by atoms with Crippen LogP contribution >= 0.6 is 0 Å². The Hall–Kier alpha value is -3.36. The zero-order valence-corrected chi connectivity index (χ0v) is 15.0. The van der Waals surface area contributed by atoms with Crippen molar-refractivity contribution in [2.24, 2.45) is 0 Å². The number of amides is 2. The first-order valence-electron chi connectivity index (χ1n) is 8.09. The molecule has 0 bridgehead atoms.